The first-order valence-electron chi connectivity index (χ1n) is 8.75. The van der Waals surface area contributed by atoms with Crippen LogP contribution in [-0.4, -0.2) is 25.7 Å². The molecular formula is C19H33NO2Si. The molecule has 0 aliphatic rings. The van der Waals surface area contributed by atoms with Gasteiger partial charge < -0.3 is 10.5 Å². The number of carbonyl (C=O) groups excluding carboxylic acids is 1. The quantitative estimate of drug-likeness (QED) is 0.612. The summed E-state index contributed by atoms with van der Waals surface area (Å²) in [5.74, 6) is -0.332. The molecule has 0 spiro atoms. The summed E-state index contributed by atoms with van der Waals surface area (Å²) in [6, 6.07) is 12.0. The number of ether oxygens (including phenoxy) is 1. The SMILES string of the molecule is CC[Si](CC)(CC)c1ccc(C[C@H](N)C(=O)OC(C)(C)C)cc1. The van der Waals surface area contributed by atoms with Crippen molar-refractivity contribution in [2.24, 2.45) is 5.73 Å². The third-order valence-corrected chi connectivity index (χ3v) is 10.4. The number of esters is 1. The van der Waals surface area contributed by atoms with Crippen LogP contribution in [0.3, 0.4) is 0 Å². The number of carbonyl (C=O) groups is 1. The van der Waals surface area contributed by atoms with Crippen molar-refractivity contribution in [1.82, 2.24) is 0 Å². The maximum atomic E-state index is 12.0. The van der Waals surface area contributed by atoms with Gasteiger partial charge in [0.2, 0.25) is 0 Å². The Kier molecular flexibility index (Phi) is 7.02. The van der Waals surface area contributed by atoms with Crippen molar-refractivity contribution in [2.45, 2.75) is 77.7 Å². The van der Waals surface area contributed by atoms with E-state index >= 15 is 0 Å². The van der Waals surface area contributed by atoms with E-state index in [9.17, 15) is 4.79 Å². The first kappa shape index (κ1) is 19.9. The predicted molar refractivity (Wildman–Crippen MR) is 101 cm³/mol. The first-order chi connectivity index (χ1) is 10.7. The highest BCUT2D eigenvalue weighted by Crippen LogP contribution is 2.20. The van der Waals surface area contributed by atoms with Crippen LogP contribution in [0.5, 0.6) is 0 Å². The number of rotatable bonds is 7. The third kappa shape index (κ3) is 5.46. The van der Waals surface area contributed by atoms with Crippen LogP contribution in [0.15, 0.2) is 24.3 Å². The van der Waals surface area contributed by atoms with E-state index in [1.807, 2.05) is 20.8 Å². The molecule has 130 valence electrons. The van der Waals surface area contributed by atoms with Gasteiger partial charge in [-0.15, -0.1) is 0 Å². The molecule has 3 nitrogen and oxygen atoms in total. The van der Waals surface area contributed by atoms with Gasteiger partial charge in [-0.2, -0.15) is 0 Å². The molecule has 1 aromatic carbocycles. The first-order valence-corrected chi connectivity index (χ1v) is 11.4. The maximum Gasteiger partial charge on any atom is 0.323 e. The van der Waals surface area contributed by atoms with Crippen molar-refractivity contribution < 1.29 is 9.53 Å². The van der Waals surface area contributed by atoms with E-state index in [1.54, 1.807) is 0 Å². The van der Waals surface area contributed by atoms with Crippen molar-refractivity contribution in [3.05, 3.63) is 29.8 Å². The normalized spacial score (nSPS) is 13.7. The lowest BCUT2D eigenvalue weighted by molar-refractivity contribution is -0.156. The Hall–Kier alpha value is -1.13. The number of hydrogen-bond acceptors (Lipinski definition) is 3. The molecule has 0 unspecified atom stereocenters. The van der Waals surface area contributed by atoms with Crippen LogP contribution in [0.2, 0.25) is 18.1 Å². The Morgan fingerprint density at radius 2 is 1.57 bits per heavy atom. The van der Waals surface area contributed by atoms with Crippen LogP contribution < -0.4 is 10.9 Å². The van der Waals surface area contributed by atoms with E-state index in [-0.39, 0.29) is 5.97 Å². The zero-order chi connectivity index (χ0) is 17.7. The molecule has 0 aliphatic heterocycles. The molecule has 0 aliphatic carbocycles. The van der Waals surface area contributed by atoms with Gasteiger partial charge in [0, 0.05) is 0 Å². The summed E-state index contributed by atoms with van der Waals surface area (Å²) in [7, 11) is -1.33. The average molecular weight is 336 g/mol. The van der Waals surface area contributed by atoms with Crippen LogP contribution in [0.25, 0.3) is 0 Å². The highest BCUT2D eigenvalue weighted by Gasteiger charge is 2.29. The molecule has 1 rings (SSSR count). The van der Waals surface area contributed by atoms with Gasteiger partial charge in [-0.3, -0.25) is 4.79 Å². The highest BCUT2D eigenvalue weighted by molar-refractivity contribution is 6.91. The van der Waals surface area contributed by atoms with Crippen LogP contribution in [0.1, 0.15) is 47.1 Å². The lowest BCUT2D eigenvalue weighted by atomic mass is 10.1. The molecule has 4 heteroatoms. The predicted octanol–water partition coefficient (Wildman–Crippen LogP) is 3.61. The smallest absolute Gasteiger partial charge is 0.323 e. The van der Waals surface area contributed by atoms with Gasteiger partial charge in [0.25, 0.3) is 0 Å². The molecule has 1 aromatic rings. The second-order valence-corrected chi connectivity index (χ2v) is 12.6. The van der Waals surface area contributed by atoms with E-state index in [4.69, 9.17) is 10.5 Å². The van der Waals surface area contributed by atoms with E-state index in [0.717, 1.165) is 5.56 Å². The van der Waals surface area contributed by atoms with Gasteiger partial charge in [-0.25, -0.2) is 0 Å². The average Bonchev–Trinajstić information content (AvgIpc) is 2.49. The molecule has 0 heterocycles. The summed E-state index contributed by atoms with van der Waals surface area (Å²) in [6.45, 7) is 12.5. The molecule has 0 saturated carbocycles. The zero-order valence-corrected chi connectivity index (χ0v) is 16.6. The summed E-state index contributed by atoms with van der Waals surface area (Å²) < 4.78 is 5.34. The molecule has 0 aromatic heterocycles. The highest BCUT2D eigenvalue weighted by atomic mass is 28.3. The summed E-state index contributed by atoms with van der Waals surface area (Å²) in [5, 5.41) is 1.51. The molecule has 2 N–H and O–H groups in total. The standard InChI is InChI=1S/C19H33NO2Si/c1-7-23(8-2,9-3)16-12-10-15(11-13-16)14-17(20)18(21)22-19(4,5)6/h10-13,17H,7-9,14,20H2,1-6H3/t17-/m0/s1. The summed E-state index contributed by atoms with van der Waals surface area (Å²) in [6.07, 6.45) is 0.522. The van der Waals surface area contributed by atoms with Crippen molar-refractivity contribution in [3.8, 4) is 0 Å². The van der Waals surface area contributed by atoms with Gasteiger partial charge in [-0.1, -0.05) is 68.4 Å². The fourth-order valence-corrected chi connectivity index (χ4v) is 6.67. The summed E-state index contributed by atoms with van der Waals surface area (Å²) >= 11 is 0. The van der Waals surface area contributed by atoms with E-state index in [0.29, 0.717) is 6.42 Å². The van der Waals surface area contributed by atoms with E-state index < -0.39 is 19.7 Å². The fourth-order valence-electron chi connectivity index (χ4n) is 3.07. The van der Waals surface area contributed by atoms with Crippen molar-refractivity contribution in [3.63, 3.8) is 0 Å². The lowest BCUT2D eigenvalue weighted by Crippen LogP contribution is -2.45. The van der Waals surface area contributed by atoms with Gasteiger partial charge in [0.1, 0.15) is 11.6 Å². The monoisotopic (exact) mass is 335 g/mol. The van der Waals surface area contributed by atoms with Crippen molar-refractivity contribution in [1.29, 1.82) is 0 Å². The second kappa shape index (κ2) is 8.11. The molecule has 0 bridgehead atoms. The van der Waals surface area contributed by atoms with Gasteiger partial charge in [0.15, 0.2) is 0 Å². The van der Waals surface area contributed by atoms with E-state index in [2.05, 4.69) is 45.0 Å². The molecule has 0 amide bonds. The molecule has 0 radical (unpaired) electrons. The Balaban J connectivity index is 2.79. The molecule has 0 saturated heterocycles. The Bertz CT molecular complexity index is 493. The Morgan fingerprint density at radius 3 is 1.96 bits per heavy atom. The number of nitrogens with two attached hydrogens (primary N) is 1. The minimum absolute atomic E-state index is 0.332. The van der Waals surface area contributed by atoms with Crippen LogP contribution in [-0.2, 0) is 16.0 Å². The van der Waals surface area contributed by atoms with Crippen LogP contribution in [0, 0.1) is 0 Å². The molecule has 1 atom stereocenters. The largest absolute Gasteiger partial charge is 0.459 e. The van der Waals surface area contributed by atoms with Crippen molar-refractivity contribution >= 4 is 19.2 Å². The molecule has 0 fully saturated rings. The number of hydrogen-bond donors (Lipinski definition) is 1. The number of benzene rings is 1. The van der Waals surface area contributed by atoms with Gasteiger partial charge in [-0.05, 0) is 32.8 Å². The molecule has 23 heavy (non-hydrogen) atoms. The fraction of sp³-hybridized carbons (Fsp3) is 0.632. The second-order valence-electron chi connectivity index (χ2n) is 7.38. The minimum atomic E-state index is -1.33. The minimum Gasteiger partial charge on any atom is -0.459 e. The van der Waals surface area contributed by atoms with Crippen LogP contribution >= 0.6 is 0 Å². The topological polar surface area (TPSA) is 52.3 Å². The van der Waals surface area contributed by atoms with Gasteiger partial charge >= 0.3 is 5.97 Å². The third-order valence-electron chi connectivity index (χ3n) is 4.76. The van der Waals surface area contributed by atoms with Crippen molar-refractivity contribution in [2.75, 3.05) is 0 Å². The summed E-state index contributed by atoms with van der Waals surface area (Å²) in [4.78, 5) is 12.0. The molecular weight excluding hydrogens is 302 g/mol. The zero-order valence-electron chi connectivity index (χ0n) is 15.6. The van der Waals surface area contributed by atoms with Crippen LogP contribution in [0.4, 0.5) is 0 Å². The van der Waals surface area contributed by atoms with Gasteiger partial charge in [0.05, 0.1) is 8.07 Å². The Morgan fingerprint density at radius 1 is 1.09 bits per heavy atom. The Labute approximate surface area is 142 Å². The lowest BCUT2D eigenvalue weighted by Gasteiger charge is -2.29. The maximum absolute atomic E-state index is 12.0. The summed E-state index contributed by atoms with van der Waals surface area (Å²) in [5.41, 5.74) is 6.60. The van der Waals surface area contributed by atoms with E-state index in [1.165, 1.54) is 23.3 Å².